The summed E-state index contributed by atoms with van der Waals surface area (Å²) >= 11 is 0. The van der Waals surface area contributed by atoms with Crippen LogP contribution in [0.2, 0.25) is 0 Å². The first kappa shape index (κ1) is 20.2. The minimum absolute atomic E-state index is 0.286. The van der Waals surface area contributed by atoms with E-state index < -0.39 is 12.1 Å². The Bertz CT molecular complexity index is 988. The molecule has 2 aliphatic heterocycles. The van der Waals surface area contributed by atoms with E-state index in [0.717, 1.165) is 23.1 Å². The molecule has 0 saturated carbocycles. The predicted molar refractivity (Wildman–Crippen MR) is 108 cm³/mol. The Balaban J connectivity index is 1.86. The molecule has 0 radical (unpaired) electrons. The van der Waals surface area contributed by atoms with Crippen molar-refractivity contribution in [1.82, 2.24) is 5.32 Å². The molecule has 4 rings (SSSR count). The summed E-state index contributed by atoms with van der Waals surface area (Å²) in [6, 6.07) is 5.26. The number of carbonyl (C=O) groups excluding carboxylic acids is 1. The molecule has 0 spiro atoms. The monoisotopic (exact) mass is 415 g/mol. The van der Waals surface area contributed by atoms with E-state index in [2.05, 4.69) is 5.32 Å². The summed E-state index contributed by atoms with van der Waals surface area (Å²) in [5.41, 5.74) is 3.08. The third-order valence-corrected chi connectivity index (χ3v) is 5.67. The fraction of sp³-hybridized carbons (Fsp3) is 0.409. The van der Waals surface area contributed by atoms with Crippen LogP contribution in [0.5, 0.6) is 28.7 Å². The number of esters is 1. The summed E-state index contributed by atoms with van der Waals surface area (Å²) in [6.45, 7) is 0.695. The molecule has 0 amide bonds. The second kappa shape index (κ2) is 7.95. The molecule has 2 aromatic carbocycles. The van der Waals surface area contributed by atoms with Gasteiger partial charge in [-0.1, -0.05) is 6.07 Å². The highest BCUT2D eigenvalue weighted by Gasteiger charge is 2.43. The molecule has 0 aromatic heterocycles. The van der Waals surface area contributed by atoms with Crippen LogP contribution in [0.3, 0.4) is 0 Å². The number of cyclic esters (lactones) is 1. The van der Waals surface area contributed by atoms with Crippen molar-refractivity contribution in [3.63, 3.8) is 0 Å². The smallest absolute Gasteiger partial charge is 0.343 e. The Labute approximate surface area is 175 Å². The molecule has 2 unspecified atom stereocenters. The van der Waals surface area contributed by atoms with Crippen molar-refractivity contribution in [3.8, 4) is 28.7 Å². The summed E-state index contributed by atoms with van der Waals surface area (Å²) in [4.78, 5) is 12.8. The van der Waals surface area contributed by atoms with Crippen LogP contribution in [-0.4, -0.2) is 48.1 Å². The summed E-state index contributed by atoms with van der Waals surface area (Å²) < 4.78 is 33.3. The van der Waals surface area contributed by atoms with Crippen LogP contribution < -0.4 is 29.0 Å². The Kier molecular flexibility index (Phi) is 5.34. The van der Waals surface area contributed by atoms with Gasteiger partial charge in [0.15, 0.2) is 23.0 Å². The number of carbonyl (C=O) groups is 1. The molecule has 2 atom stereocenters. The number of rotatable bonds is 6. The van der Waals surface area contributed by atoms with Gasteiger partial charge in [-0.05, 0) is 24.1 Å². The normalized spacial score (nSPS) is 19.4. The molecule has 1 N–H and O–H groups in total. The van der Waals surface area contributed by atoms with Gasteiger partial charge in [0.25, 0.3) is 0 Å². The molecular formula is C22H25NO7. The minimum Gasteiger partial charge on any atom is -0.493 e. The van der Waals surface area contributed by atoms with Crippen LogP contribution in [0.4, 0.5) is 0 Å². The van der Waals surface area contributed by atoms with E-state index in [-0.39, 0.29) is 6.04 Å². The van der Waals surface area contributed by atoms with Crippen molar-refractivity contribution < 1.29 is 33.2 Å². The number of methoxy groups -OCH3 is 5. The van der Waals surface area contributed by atoms with Gasteiger partial charge in [0.2, 0.25) is 5.75 Å². The largest absolute Gasteiger partial charge is 0.493 e. The fourth-order valence-corrected chi connectivity index (χ4v) is 4.38. The van der Waals surface area contributed by atoms with Gasteiger partial charge in [0.05, 0.1) is 41.6 Å². The Morgan fingerprint density at radius 2 is 1.57 bits per heavy atom. The van der Waals surface area contributed by atoms with Crippen molar-refractivity contribution >= 4 is 5.97 Å². The molecule has 160 valence electrons. The van der Waals surface area contributed by atoms with Crippen LogP contribution in [0.25, 0.3) is 0 Å². The molecule has 2 aliphatic rings. The lowest BCUT2D eigenvalue weighted by molar-refractivity contribution is 0.0284. The van der Waals surface area contributed by atoms with Crippen molar-refractivity contribution in [2.75, 3.05) is 42.1 Å². The van der Waals surface area contributed by atoms with E-state index in [0.29, 0.717) is 40.9 Å². The first-order valence-electron chi connectivity index (χ1n) is 9.60. The number of fused-ring (bicyclic) bond motifs is 2. The third kappa shape index (κ3) is 2.90. The maximum atomic E-state index is 12.8. The van der Waals surface area contributed by atoms with Crippen LogP contribution >= 0.6 is 0 Å². The SMILES string of the molecule is COc1cc2c(c(OC)c1OC)CCNC2C1OC(=O)c2c1ccc(OC)c2OC. The van der Waals surface area contributed by atoms with E-state index in [1.165, 1.54) is 14.2 Å². The first-order valence-corrected chi connectivity index (χ1v) is 9.60. The highest BCUT2D eigenvalue weighted by molar-refractivity contribution is 5.98. The second-order valence-corrected chi connectivity index (χ2v) is 6.99. The highest BCUT2D eigenvalue weighted by Crippen LogP contribution is 2.51. The van der Waals surface area contributed by atoms with Crippen molar-refractivity contribution in [3.05, 3.63) is 40.5 Å². The van der Waals surface area contributed by atoms with Crippen LogP contribution in [0, 0.1) is 0 Å². The molecule has 0 aliphatic carbocycles. The summed E-state index contributed by atoms with van der Waals surface area (Å²) in [5, 5.41) is 3.48. The Morgan fingerprint density at radius 3 is 2.20 bits per heavy atom. The summed E-state index contributed by atoms with van der Waals surface area (Å²) in [7, 11) is 7.81. The van der Waals surface area contributed by atoms with E-state index >= 15 is 0 Å². The quantitative estimate of drug-likeness (QED) is 0.721. The number of benzene rings is 2. The topological polar surface area (TPSA) is 84.5 Å². The highest BCUT2D eigenvalue weighted by atomic mass is 16.6. The van der Waals surface area contributed by atoms with Gasteiger partial charge in [0, 0.05) is 17.7 Å². The molecule has 2 aromatic rings. The molecule has 0 fully saturated rings. The first-order chi connectivity index (χ1) is 14.6. The van der Waals surface area contributed by atoms with Crippen molar-refractivity contribution in [1.29, 1.82) is 0 Å². The maximum Gasteiger partial charge on any atom is 0.343 e. The lowest BCUT2D eigenvalue weighted by atomic mass is 9.86. The third-order valence-electron chi connectivity index (χ3n) is 5.67. The van der Waals surface area contributed by atoms with Gasteiger partial charge in [-0.25, -0.2) is 4.79 Å². The number of nitrogens with one attached hydrogen (secondary N) is 1. The molecule has 2 heterocycles. The van der Waals surface area contributed by atoms with Crippen LogP contribution in [-0.2, 0) is 11.2 Å². The zero-order chi connectivity index (χ0) is 21.4. The van der Waals surface area contributed by atoms with E-state index in [9.17, 15) is 4.79 Å². The molecule has 8 nitrogen and oxygen atoms in total. The zero-order valence-electron chi connectivity index (χ0n) is 17.7. The standard InChI is InChI=1S/C22H25NO7/c1-25-14-7-6-12-16(20(14)28-4)22(24)30-18(12)17-13-10-15(26-2)21(29-5)19(27-3)11(13)8-9-23-17/h6-7,10,17-18,23H,8-9H2,1-5H3. The van der Waals surface area contributed by atoms with Gasteiger partial charge in [-0.3, -0.25) is 0 Å². The van der Waals surface area contributed by atoms with Crippen LogP contribution in [0.15, 0.2) is 18.2 Å². The zero-order valence-corrected chi connectivity index (χ0v) is 17.7. The average Bonchev–Trinajstić information content (AvgIpc) is 3.12. The van der Waals surface area contributed by atoms with Gasteiger partial charge in [-0.2, -0.15) is 0 Å². The maximum absolute atomic E-state index is 12.8. The van der Waals surface area contributed by atoms with Gasteiger partial charge in [0.1, 0.15) is 11.7 Å². The van der Waals surface area contributed by atoms with Crippen LogP contribution in [0.1, 0.15) is 39.2 Å². The number of hydrogen-bond acceptors (Lipinski definition) is 8. The Hall–Kier alpha value is -3.13. The van der Waals surface area contributed by atoms with Crippen molar-refractivity contribution in [2.45, 2.75) is 18.6 Å². The van der Waals surface area contributed by atoms with Gasteiger partial charge >= 0.3 is 5.97 Å². The van der Waals surface area contributed by atoms with E-state index in [1.54, 1.807) is 27.4 Å². The fourth-order valence-electron chi connectivity index (χ4n) is 4.38. The average molecular weight is 415 g/mol. The predicted octanol–water partition coefficient (Wildman–Crippen LogP) is 2.83. The Morgan fingerprint density at radius 1 is 0.867 bits per heavy atom. The molecule has 8 heteroatoms. The van der Waals surface area contributed by atoms with Crippen molar-refractivity contribution in [2.24, 2.45) is 0 Å². The van der Waals surface area contributed by atoms with E-state index in [1.807, 2.05) is 12.1 Å². The van der Waals surface area contributed by atoms with E-state index in [4.69, 9.17) is 28.4 Å². The second-order valence-electron chi connectivity index (χ2n) is 6.99. The molecule has 0 bridgehead atoms. The number of hydrogen-bond donors (Lipinski definition) is 1. The lowest BCUT2D eigenvalue weighted by Gasteiger charge is -2.32. The summed E-state index contributed by atoms with van der Waals surface area (Å²) in [5.74, 6) is 2.16. The molecule has 0 saturated heterocycles. The molecular weight excluding hydrogens is 390 g/mol. The minimum atomic E-state index is -0.533. The number of ether oxygens (including phenoxy) is 6. The lowest BCUT2D eigenvalue weighted by Crippen LogP contribution is -2.34. The summed E-state index contributed by atoms with van der Waals surface area (Å²) in [6.07, 6.45) is 0.212. The van der Waals surface area contributed by atoms with Gasteiger partial charge in [-0.15, -0.1) is 0 Å². The molecule has 30 heavy (non-hydrogen) atoms. The van der Waals surface area contributed by atoms with Gasteiger partial charge < -0.3 is 33.7 Å².